The van der Waals surface area contributed by atoms with Gasteiger partial charge in [-0.2, -0.15) is 0 Å². The zero-order chi connectivity index (χ0) is 8.58. The predicted octanol–water partition coefficient (Wildman–Crippen LogP) is 1.52. The number of nitrogens with two attached hydrogens (primary N) is 1. The van der Waals surface area contributed by atoms with Crippen LogP contribution in [0.3, 0.4) is 0 Å². The number of rotatable bonds is 0. The summed E-state index contributed by atoms with van der Waals surface area (Å²) in [6.07, 6.45) is 0. The first-order valence-electron chi connectivity index (χ1n) is 1.61. The molecule has 2 N–H and O–H groups in total. The summed E-state index contributed by atoms with van der Waals surface area (Å²) in [5, 5.41) is 0. The molecule has 0 aromatic rings. The van der Waals surface area contributed by atoms with E-state index < -0.39 is 27.5 Å². The van der Waals surface area contributed by atoms with Crippen molar-refractivity contribution in [3.8, 4) is 0 Å². The molecule has 68 valence electrons. The van der Waals surface area contributed by atoms with Gasteiger partial charge in [-0.3, -0.25) is 0 Å². The van der Waals surface area contributed by atoms with E-state index in [2.05, 4.69) is 4.14 Å². The van der Waals surface area contributed by atoms with Crippen molar-refractivity contribution in [3.05, 3.63) is 0 Å². The van der Waals surface area contributed by atoms with Gasteiger partial charge in [-0.1, -0.05) is 0 Å². The Morgan fingerprint density at radius 2 is 1.00 bits per heavy atom. The van der Waals surface area contributed by atoms with E-state index >= 15 is 0 Å². The van der Waals surface area contributed by atoms with Crippen LogP contribution in [0.25, 0.3) is 0 Å². The minimum absolute atomic E-state index is 3.88. The molecule has 0 aliphatic heterocycles. The van der Waals surface area contributed by atoms with Gasteiger partial charge < -0.3 is 0 Å². The van der Waals surface area contributed by atoms with E-state index in [1.165, 1.54) is 0 Å². The third kappa shape index (κ3) is 2.91. The summed E-state index contributed by atoms with van der Waals surface area (Å²) in [4.78, 5) is 0. The standard InChI is InChI=1S/2CF3.Ag.H2N/c2*2-1(3)4;;/h;;;1H2/q;;+1;-1. The summed E-state index contributed by atoms with van der Waals surface area (Å²) in [6.45, 7) is 0. The first-order chi connectivity index (χ1) is 4.15. The number of hydrogen-bond acceptors (Lipinski definition) is 1. The molecule has 0 aliphatic rings. The van der Waals surface area contributed by atoms with Crippen molar-refractivity contribution < 1.29 is 45.0 Å². The van der Waals surface area contributed by atoms with E-state index in [4.69, 9.17) is 0 Å². The van der Waals surface area contributed by atoms with Crippen molar-refractivity contribution in [2.45, 2.75) is 8.79 Å². The van der Waals surface area contributed by atoms with Crippen molar-refractivity contribution in [3.63, 3.8) is 0 Å². The predicted molar refractivity (Wildman–Crippen MR) is 16.3 cm³/mol. The van der Waals surface area contributed by atoms with Gasteiger partial charge in [-0.25, -0.2) is 0 Å². The maximum atomic E-state index is 11.1. The maximum absolute atomic E-state index is 11.1. The fourth-order valence-electron chi connectivity index (χ4n) is 0.0969. The van der Waals surface area contributed by atoms with Gasteiger partial charge in [-0.15, -0.1) is 0 Å². The Labute approximate surface area is 58.6 Å². The third-order valence-electron chi connectivity index (χ3n) is 0.368. The first kappa shape index (κ1) is 10.3. The molecule has 0 fully saturated rings. The Bertz CT molecular complexity index is 99.9. The molecule has 10 heavy (non-hydrogen) atoms. The normalized spacial score (nSPS) is 15.3. The molecular weight excluding hydrogens is 260 g/mol. The van der Waals surface area contributed by atoms with E-state index in [9.17, 15) is 26.3 Å². The van der Waals surface area contributed by atoms with Gasteiger partial charge in [0, 0.05) is 0 Å². The molecule has 0 rings (SSSR count). The molecule has 0 aromatic carbocycles. The second-order valence-electron chi connectivity index (χ2n) is 1.02. The molecule has 0 saturated heterocycles. The van der Waals surface area contributed by atoms with E-state index in [0.717, 1.165) is 0 Å². The van der Waals surface area contributed by atoms with Crippen LogP contribution < -0.4 is 4.14 Å². The molecule has 0 atom stereocenters. The van der Waals surface area contributed by atoms with Crippen molar-refractivity contribution in [2.24, 2.45) is 4.14 Å². The van der Waals surface area contributed by atoms with Gasteiger partial charge in [0.05, 0.1) is 0 Å². The Balaban J connectivity index is 4.23. The molecule has 0 aromatic heterocycles. The van der Waals surface area contributed by atoms with E-state index in [1.807, 2.05) is 0 Å². The van der Waals surface area contributed by atoms with Crippen LogP contribution in [-0.2, 0) is 18.7 Å². The number of alkyl halides is 6. The summed E-state index contributed by atoms with van der Waals surface area (Å²) in [5.74, 6) is 0. The Morgan fingerprint density at radius 1 is 0.800 bits per heavy atom. The van der Waals surface area contributed by atoms with Crippen LogP contribution in [0.2, 0.25) is 0 Å². The molecule has 0 radical (unpaired) electrons. The van der Waals surface area contributed by atoms with Crippen molar-refractivity contribution >= 4 is 0 Å². The van der Waals surface area contributed by atoms with Crippen molar-refractivity contribution in [1.82, 2.24) is 0 Å². The van der Waals surface area contributed by atoms with Crippen molar-refractivity contribution in [2.75, 3.05) is 0 Å². The fraction of sp³-hybridized carbons (Fsp3) is 1.00. The molecule has 0 saturated carbocycles. The second kappa shape index (κ2) is 2.73. The molecule has 0 bridgehead atoms. The third-order valence-corrected chi connectivity index (χ3v) is 2.18. The van der Waals surface area contributed by atoms with Gasteiger partial charge in [-0.05, 0) is 0 Å². The molecule has 0 aliphatic carbocycles. The number of hydrogen-bond donors (Lipinski definition) is 1. The summed E-state index contributed by atoms with van der Waals surface area (Å²) >= 11 is -4.74. The van der Waals surface area contributed by atoms with Gasteiger partial charge in [0.1, 0.15) is 0 Å². The minimum atomic E-state index is -5.30. The average Bonchev–Trinajstić information content (AvgIpc) is 1.59. The molecule has 1 nitrogen and oxygen atoms in total. The van der Waals surface area contributed by atoms with Crippen LogP contribution in [0, 0.1) is 0 Å². The summed E-state index contributed by atoms with van der Waals surface area (Å²) < 4.78 is 60.2. The monoisotopic (exact) mass is 261 g/mol. The van der Waals surface area contributed by atoms with Crippen LogP contribution in [0.4, 0.5) is 26.3 Å². The molecule has 0 heterocycles. The topological polar surface area (TPSA) is 26.0 Å². The quantitative estimate of drug-likeness (QED) is 0.519. The summed E-state index contributed by atoms with van der Waals surface area (Å²) in [7, 11) is 0. The Kier molecular flexibility index (Phi) is 2.80. The van der Waals surface area contributed by atoms with Gasteiger partial charge in [0.25, 0.3) is 0 Å². The van der Waals surface area contributed by atoms with Crippen LogP contribution in [0.15, 0.2) is 0 Å². The SMILES string of the molecule is [NH2][Ag]([C](F)(F)F)[C](F)(F)F. The molecule has 0 unspecified atom stereocenters. The van der Waals surface area contributed by atoms with Gasteiger partial charge >= 0.3 is 58.0 Å². The van der Waals surface area contributed by atoms with Gasteiger partial charge in [0.15, 0.2) is 0 Å². The molecule has 0 amide bonds. The van der Waals surface area contributed by atoms with E-state index in [0.29, 0.717) is 0 Å². The van der Waals surface area contributed by atoms with Crippen molar-refractivity contribution in [1.29, 1.82) is 0 Å². The Morgan fingerprint density at radius 3 is 1.00 bits per heavy atom. The number of halogens is 6. The van der Waals surface area contributed by atoms with Gasteiger partial charge in [0.2, 0.25) is 0 Å². The zero-order valence-electron chi connectivity index (χ0n) is 4.15. The van der Waals surface area contributed by atoms with Crippen LogP contribution >= 0.6 is 0 Å². The molecule has 0 spiro atoms. The van der Waals surface area contributed by atoms with Crippen LogP contribution in [0.1, 0.15) is 0 Å². The fourth-order valence-corrected chi connectivity index (χ4v) is 0.573. The van der Waals surface area contributed by atoms with Crippen LogP contribution in [0.5, 0.6) is 0 Å². The van der Waals surface area contributed by atoms with Crippen LogP contribution in [-0.4, -0.2) is 8.79 Å². The van der Waals surface area contributed by atoms with E-state index in [1.54, 1.807) is 0 Å². The first-order valence-corrected chi connectivity index (χ1v) is 3.95. The average molecular weight is 262 g/mol. The Hall–Kier alpha value is 0.280. The van der Waals surface area contributed by atoms with E-state index in [-0.39, 0.29) is 0 Å². The summed E-state index contributed by atoms with van der Waals surface area (Å²) in [5.41, 5.74) is 0. The second-order valence-corrected chi connectivity index (χ2v) is 3.93. The molecule has 8 heteroatoms. The molecular formula is C2H2AgF6N. The zero-order valence-corrected chi connectivity index (χ0v) is 5.63. The summed E-state index contributed by atoms with van der Waals surface area (Å²) in [6, 6.07) is 0.